The van der Waals surface area contributed by atoms with Gasteiger partial charge in [-0.05, 0) is 63.0 Å². The lowest BCUT2D eigenvalue weighted by atomic mass is 9.87. The maximum atomic E-state index is 13.3. The van der Waals surface area contributed by atoms with Crippen molar-refractivity contribution in [2.24, 2.45) is 5.92 Å². The average Bonchev–Trinajstić information content (AvgIpc) is 3.28. The van der Waals surface area contributed by atoms with Crippen molar-refractivity contribution in [3.63, 3.8) is 0 Å². The molecule has 1 unspecified atom stereocenters. The monoisotopic (exact) mass is 443 g/mol. The number of carbonyl (C=O) groups is 2. The zero-order chi connectivity index (χ0) is 21.2. The number of amides is 2. The number of piperazine rings is 1. The molecular formula is C25H37N3O2S. The fourth-order valence-corrected chi connectivity index (χ4v) is 7.28. The lowest BCUT2D eigenvalue weighted by molar-refractivity contribution is -0.138. The van der Waals surface area contributed by atoms with Crippen LogP contribution in [0.25, 0.3) is 0 Å². The van der Waals surface area contributed by atoms with Crippen molar-refractivity contribution in [3.8, 4) is 0 Å². The van der Waals surface area contributed by atoms with Crippen LogP contribution in [0.5, 0.6) is 0 Å². The SMILES string of the molecule is O=C(c1cc2c(s1)CCC(C(=O)N1CCN(C3CCCCC3)CC1)C2)N1CCCCC1. The molecular weight excluding hydrogens is 406 g/mol. The first-order valence-corrected chi connectivity index (χ1v) is 13.4. The Morgan fingerprint density at radius 2 is 1.52 bits per heavy atom. The maximum absolute atomic E-state index is 13.3. The van der Waals surface area contributed by atoms with Crippen molar-refractivity contribution < 1.29 is 9.59 Å². The number of hydrogen-bond donors (Lipinski definition) is 0. The fourth-order valence-electron chi connectivity index (χ4n) is 6.10. The van der Waals surface area contributed by atoms with Crippen LogP contribution in [0.4, 0.5) is 0 Å². The molecule has 1 aromatic rings. The van der Waals surface area contributed by atoms with E-state index in [4.69, 9.17) is 0 Å². The van der Waals surface area contributed by atoms with Gasteiger partial charge in [0.15, 0.2) is 0 Å². The minimum atomic E-state index is 0.0984. The zero-order valence-electron chi connectivity index (χ0n) is 18.8. The van der Waals surface area contributed by atoms with Gasteiger partial charge in [0.25, 0.3) is 5.91 Å². The third kappa shape index (κ3) is 4.70. The van der Waals surface area contributed by atoms with Crippen LogP contribution in [0.2, 0.25) is 0 Å². The minimum Gasteiger partial charge on any atom is -0.340 e. The van der Waals surface area contributed by atoms with Crippen LogP contribution < -0.4 is 0 Å². The topological polar surface area (TPSA) is 43.9 Å². The second-order valence-corrected chi connectivity index (χ2v) is 11.1. The molecule has 170 valence electrons. The molecule has 3 fully saturated rings. The molecule has 2 aliphatic heterocycles. The van der Waals surface area contributed by atoms with Crippen LogP contribution in [0, 0.1) is 5.92 Å². The van der Waals surface area contributed by atoms with Crippen LogP contribution in [-0.4, -0.2) is 71.8 Å². The van der Waals surface area contributed by atoms with E-state index in [1.165, 1.54) is 49.0 Å². The Balaban J connectivity index is 1.16. The number of piperidine rings is 1. The summed E-state index contributed by atoms with van der Waals surface area (Å²) in [7, 11) is 0. The quantitative estimate of drug-likeness (QED) is 0.710. The first-order valence-electron chi connectivity index (χ1n) is 12.6. The van der Waals surface area contributed by atoms with Gasteiger partial charge < -0.3 is 9.80 Å². The molecule has 6 heteroatoms. The van der Waals surface area contributed by atoms with Gasteiger partial charge in [0.2, 0.25) is 5.91 Å². The highest BCUT2D eigenvalue weighted by Gasteiger charge is 2.33. The number of aryl methyl sites for hydroxylation is 1. The molecule has 1 saturated carbocycles. The van der Waals surface area contributed by atoms with E-state index in [1.54, 1.807) is 11.3 Å². The highest BCUT2D eigenvalue weighted by atomic mass is 32.1. The number of nitrogens with zero attached hydrogens (tertiary/aromatic N) is 3. The molecule has 1 aromatic heterocycles. The summed E-state index contributed by atoms with van der Waals surface area (Å²) in [5.41, 5.74) is 1.26. The van der Waals surface area contributed by atoms with Gasteiger partial charge in [-0.3, -0.25) is 14.5 Å². The van der Waals surface area contributed by atoms with E-state index in [2.05, 4.69) is 15.9 Å². The first kappa shape index (κ1) is 21.4. The van der Waals surface area contributed by atoms with Crippen molar-refractivity contribution in [1.82, 2.24) is 14.7 Å². The van der Waals surface area contributed by atoms with Crippen molar-refractivity contribution in [2.75, 3.05) is 39.3 Å². The van der Waals surface area contributed by atoms with E-state index in [9.17, 15) is 9.59 Å². The Kier molecular flexibility index (Phi) is 6.65. The predicted octanol–water partition coefficient (Wildman–Crippen LogP) is 3.96. The van der Waals surface area contributed by atoms with Crippen molar-refractivity contribution in [2.45, 2.75) is 76.7 Å². The lowest BCUT2D eigenvalue weighted by Gasteiger charge is -2.41. The number of hydrogen-bond acceptors (Lipinski definition) is 4. The van der Waals surface area contributed by atoms with Crippen LogP contribution in [0.1, 0.15) is 77.9 Å². The van der Waals surface area contributed by atoms with Gasteiger partial charge in [-0.1, -0.05) is 19.3 Å². The zero-order valence-corrected chi connectivity index (χ0v) is 19.6. The second-order valence-electron chi connectivity index (χ2n) is 10.0. The van der Waals surface area contributed by atoms with Gasteiger partial charge in [-0.2, -0.15) is 0 Å². The van der Waals surface area contributed by atoms with Crippen molar-refractivity contribution >= 4 is 23.2 Å². The molecule has 0 radical (unpaired) electrons. The highest BCUT2D eigenvalue weighted by Crippen LogP contribution is 2.34. The molecule has 5 nitrogen and oxygen atoms in total. The molecule has 4 aliphatic rings. The fraction of sp³-hybridized carbons (Fsp3) is 0.760. The summed E-state index contributed by atoms with van der Waals surface area (Å²) in [5, 5.41) is 0. The lowest BCUT2D eigenvalue weighted by Crippen LogP contribution is -2.53. The van der Waals surface area contributed by atoms with Gasteiger partial charge in [0.1, 0.15) is 0 Å². The van der Waals surface area contributed by atoms with E-state index in [1.807, 2.05) is 4.90 Å². The largest absolute Gasteiger partial charge is 0.340 e. The van der Waals surface area contributed by atoms with E-state index >= 15 is 0 Å². The molecule has 2 amide bonds. The summed E-state index contributed by atoms with van der Waals surface area (Å²) < 4.78 is 0. The van der Waals surface area contributed by atoms with E-state index in [0.29, 0.717) is 5.91 Å². The number of rotatable bonds is 3. The summed E-state index contributed by atoms with van der Waals surface area (Å²) in [4.78, 5) is 35.2. The second kappa shape index (κ2) is 9.62. The Bertz CT molecular complexity index is 787. The van der Waals surface area contributed by atoms with Crippen LogP contribution in [0.15, 0.2) is 6.07 Å². The first-order chi connectivity index (χ1) is 15.2. The number of likely N-dealkylation sites (tertiary alicyclic amines) is 1. The van der Waals surface area contributed by atoms with Gasteiger partial charge >= 0.3 is 0 Å². The highest BCUT2D eigenvalue weighted by molar-refractivity contribution is 7.14. The summed E-state index contributed by atoms with van der Waals surface area (Å²) in [6.45, 7) is 5.66. The van der Waals surface area contributed by atoms with Crippen LogP contribution in [0.3, 0.4) is 0 Å². The third-order valence-corrected chi connectivity index (χ3v) is 9.23. The number of carbonyl (C=O) groups excluding carboxylic acids is 2. The Morgan fingerprint density at radius 3 is 2.26 bits per heavy atom. The molecule has 5 rings (SSSR count). The molecule has 3 heterocycles. The third-order valence-electron chi connectivity index (χ3n) is 8.00. The summed E-state index contributed by atoms with van der Waals surface area (Å²) in [6, 6.07) is 2.86. The summed E-state index contributed by atoms with van der Waals surface area (Å²) >= 11 is 1.68. The molecule has 0 bridgehead atoms. The smallest absolute Gasteiger partial charge is 0.263 e. The Labute approximate surface area is 190 Å². The molecule has 2 aliphatic carbocycles. The van der Waals surface area contributed by atoms with E-state index in [-0.39, 0.29) is 11.8 Å². The molecule has 0 N–H and O–H groups in total. The van der Waals surface area contributed by atoms with Crippen molar-refractivity contribution in [3.05, 3.63) is 21.4 Å². The van der Waals surface area contributed by atoms with E-state index in [0.717, 1.165) is 82.3 Å². The van der Waals surface area contributed by atoms with Gasteiger partial charge in [0, 0.05) is 56.1 Å². The van der Waals surface area contributed by atoms with Crippen LogP contribution in [-0.2, 0) is 17.6 Å². The van der Waals surface area contributed by atoms with Gasteiger partial charge in [-0.25, -0.2) is 0 Å². The normalized spacial score (nSPS) is 26.0. The van der Waals surface area contributed by atoms with Crippen molar-refractivity contribution in [1.29, 1.82) is 0 Å². The Hall–Kier alpha value is -1.40. The predicted molar refractivity (Wildman–Crippen MR) is 125 cm³/mol. The number of thiophene rings is 1. The minimum absolute atomic E-state index is 0.0984. The van der Waals surface area contributed by atoms with Gasteiger partial charge in [0.05, 0.1) is 4.88 Å². The molecule has 31 heavy (non-hydrogen) atoms. The maximum Gasteiger partial charge on any atom is 0.263 e. The molecule has 1 atom stereocenters. The van der Waals surface area contributed by atoms with E-state index < -0.39 is 0 Å². The summed E-state index contributed by atoms with van der Waals surface area (Å²) in [5.74, 6) is 0.658. The molecule has 0 aromatic carbocycles. The Morgan fingerprint density at radius 1 is 0.806 bits per heavy atom. The van der Waals surface area contributed by atoms with Crippen LogP contribution >= 0.6 is 11.3 Å². The standard InChI is InChI=1S/C25H37N3O2S/c29-24(28-15-13-26(14-16-28)21-7-3-1-4-8-21)19-9-10-22-20(17-19)18-23(31-22)25(30)27-11-5-2-6-12-27/h18-19,21H,1-17H2. The number of fused-ring (bicyclic) bond motifs is 1. The molecule has 0 spiro atoms. The van der Waals surface area contributed by atoms with Gasteiger partial charge in [-0.15, -0.1) is 11.3 Å². The average molecular weight is 444 g/mol. The summed E-state index contributed by atoms with van der Waals surface area (Å²) in [6.07, 6.45) is 13.0. The molecule has 2 saturated heterocycles.